The lowest BCUT2D eigenvalue weighted by molar-refractivity contribution is 0.407. The average Bonchev–Trinajstić information content (AvgIpc) is 3.54. The molecule has 3 heterocycles. The number of nitrogens with zero attached hydrogens (tertiary/aromatic N) is 4. The maximum absolute atomic E-state index is 13.0. The van der Waals surface area contributed by atoms with Gasteiger partial charge in [0.2, 0.25) is 0 Å². The van der Waals surface area contributed by atoms with E-state index in [0.29, 0.717) is 0 Å². The van der Waals surface area contributed by atoms with E-state index in [1.807, 2.05) is 54.3 Å². The van der Waals surface area contributed by atoms with Gasteiger partial charge >= 0.3 is 5.69 Å². The summed E-state index contributed by atoms with van der Waals surface area (Å²) < 4.78 is 29.2. The Morgan fingerprint density at radius 1 is 1.19 bits per heavy atom. The van der Waals surface area contributed by atoms with Crippen molar-refractivity contribution < 1.29 is 8.78 Å². The highest BCUT2D eigenvalue weighted by atomic mass is 32.1. The molecule has 0 spiro atoms. The van der Waals surface area contributed by atoms with Crippen molar-refractivity contribution in [3.8, 4) is 21.6 Å². The first-order valence-corrected chi connectivity index (χ1v) is 10.9. The smallest absolute Gasteiger partial charge is 0.327 e. The zero-order chi connectivity index (χ0) is 22.7. The maximum Gasteiger partial charge on any atom is 0.343 e. The van der Waals surface area contributed by atoms with E-state index < -0.39 is 11.8 Å². The van der Waals surface area contributed by atoms with Gasteiger partial charge in [-0.15, -0.1) is 11.3 Å². The van der Waals surface area contributed by atoms with E-state index in [-0.39, 0.29) is 30.9 Å². The molecule has 7 nitrogen and oxygen atoms in total. The summed E-state index contributed by atoms with van der Waals surface area (Å²) in [6.45, 7) is 2.80. The molecule has 166 valence electrons. The zero-order valence-corrected chi connectivity index (χ0v) is 18.2. The second-order valence-corrected chi connectivity index (χ2v) is 8.38. The number of thiophene rings is 1. The van der Waals surface area contributed by atoms with Gasteiger partial charge in [0.15, 0.2) is 0 Å². The van der Waals surface area contributed by atoms with Gasteiger partial charge in [-0.05, 0) is 36.2 Å². The predicted octanol–water partition coefficient (Wildman–Crippen LogP) is 3.88. The van der Waals surface area contributed by atoms with Gasteiger partial charge in [-0.1, -0.05) is 18.2 Å². The number of rotatable bonds is 8. The minimum atomic E-state index is -1.84. The van der Waals surface area contributed by atoms with Gasteiger partial charge in [0.1, 0.15) is 5.82 Å². The average molecular weight is 457 g/mol. The summed E-state index contributed by atoms with van der Waals surface area (Å²) >= 11 is 1.54. The third-order valence-electron chi connectivity index (χ3n) is 5.14. The Labute approximate surface area is 186 Å². The van der Waals surface area contributed by atoms with E-state index in [1.165, 1.54) is 15.9 Å². The first-order valence-electron chi connectivity index (χ1n) is 10.1. The van der Waals surface area contributed by atoms with E-state index in [1.54, 1.807) is 0 Å². The first kappa shape index (κ1) is 21.8. The number of hydrogen-bond acceptors (Lipinski definition) is 5. The Kier molecular flexibility index (Phi) is 6.42. The highest BCUT2D eigenvalue weighted by Crippen LogP contribution is 2.31. The molecule has 0 amide bonds. The minimum Gasteiger partial charge on any atom is -0.327 e. The molecular weight excluding hydrogens is 434 g/mol. The van der Waals surface area contributed by atoms with Crippen LogP contribution in [0, 0.1) is 0 Å². The largest absolute Gasteiger partial charge is 0.343 e. The van der Waals surface area contributed by atoms with Gasteiger partial charge in [0, 0.05) is 46.6 Å². The molecule has 0 saturated heterocycles. The highest BCUT2D eigenvalue weighted by molar-refractivity contribution is 7.15. The fourth-order valence-corrected chi connectivity index (χ4v) is 4.36. The third-order valence-corrected chi connectivity index (χ3v) is 6.25. The molecule has 0 fully saturated rings. The number of aromatic amines is 1. The summed E-state index contributed by atoms with van der Waals surface area (Å²) in [5.74, 6) is 0.230. The van der Waals surface area contributed by atoms with Crippen molar-refractivity contribution in [2.75, 3.05) is 6.54 Å². The fourth-order valence-electron chi connectivity index (χ4n) is 3.37. The first-order chi connectivity index (χ1) is 15.5. The Bertz CT molecular complexity index is 1310. The second-order valence-electron chi connectivity index (χ2n) is 7.21. The molecule has 0 aliphatic carbocycles. The van der Waals surface area contributed by atoms with Gasteiger partial charge < -0.3 is 5.73 Å². The van der Waals surface area contributed by atoms with Gasteiger partial charge in [-0.3, -0.25) is 9.25 Å². The number of aryl methyl sites for hydroxylation is 1. The van der Waals surface area contributed by atoms with Gasteiger partial charge in [-0.25, -0.2) is 9.89 Å². The third kappa shape index (κ3) is 4.61. The molecule has 0 aliphatic heterocycles. The van der Waals surface area contributed by atoms with Crippen LogP contribution in [0.4, 0.5) is 8.78 Å². The van der Waals surface area contributed by atoms with E-state index in [0.717, 1.165) is 33.0 Å². The molecule has 32 heavy (non-hydrogen) atoms. The van der Waals surface area contributed by atoms with E-state index in [4.69, 9.17) is 5.73 Å². The number of aromatic nitrogens is 5. The van der Waals surface area contributed by atoms with E-state index in [9.17, 15) is 13.6 Å². The number of nitrogens with two attached hydrogens (primary N) is 1. The van der Waals surface area contributed by atoms with Crippen LogP contribution in [0.5, 0.6) is 0 Å². The predicted molar refractivity (Wildman–Crippen MR) is 121 cm³/mol. The maximum atomic E-state index is 13.0. The van der Waals surface area contributed by atoms with Gasteiger partial charge in [0.05, 0.1) is 12.7 Å². The van der Waals surface area contributed by atoms with E-state index >= 15 is 0 Å². The number of H-pyrrole nitrogens is 1. The Hall–Kier alpha value is -3.37. The van der Waals surface area contributed by atoms with Crippen LogP contribution in [0.2, 0.25) is 0 Å². The zero-order valence-electron chi connectivity index (χ0n) is 17.4. The molecule has 0 saturated carbocycles. The normalized spacial score (nSPS) is 11.1. The summed E-state index contributed by atoms with van der Waals surface area (Å²) in [5.41, 5.74) is 7.88. The molecule has 10 heteroatoms. The van der Waals surface area contributed by atoms with Crippen molar-refractivity contribution >= 4 is 11.3 Å². The second kappa shape index (κ2) is 9.41. The van der Waals surface area contributed by atoms with Crippen molar-refractivity contribution in [1.82, 2.24) is 24.5 Å². The van der Waals surface area contributed by atoms with Crippen LogP contribution in [0.25, 0.3) is 21.6 Å². The Morgan fingerprint density at radius 2 is 2.00 bits per heavy atom. The lowest BCUT2D eigenvalue weighted by atomic mass is 10.1. The number of benzene rings is 1. The van der Waals surface area contributed by atoms with Crippen LogP contribution < -0.4 is 11.4 Å². The van der Waals surface area contributed by atoms with Crippen molar-refractivity contribution in [2.24, 2.45) is 5.73 Å². The van der Waals surface area contributed by atoms with Crippen molar-refractivity contribution in [3.05, 3.63) is 81.6 Å². The summed E-state index contributed by atoms with van der Waals surface area (Å²) in [5, 5.41) is 10.6. The topological polar surface area (TPSA) is 94.5 Å². The molecule has 0 aliphatic rings. The number of hydrogen-bond donors (Lipinski definition) is 2. The SMILES string of the molecule is CCn1cc(-c2cccc(-c3ccc(Cn4c(CC(CN)=C(F)F)n[nH]c4=O)s3)c2)cn1. The quantitative estimate of drug-likeness (QED) is 0.421. The van der Waals surface area contributed by atoms with Crippen LogP contribution in [0.3, 0.4) is 0 Å². The molecule has 0 atom stereocenters. The standard InChI is InChI=1S/C22H22F2N6OS/c1-2-29-12-17(11-26-29)14-4-3-5-15(8-14)19-7-6-18(32-19)13-30-20(27-28-22(30)31)9-16(10-25)21(23)24/h3-8,11-12H,2,9-10,13,25H2,1H3,(H,28,31). The summed E-state index contributed by atoms with van der Waals surface area (Å²) in [6, 6.07) is 12.1. The van der Waals surface area contributed by atoms with Crippen LogP contribution in [0.1, 0.15) is 17.6 Å². The van der Waals surface area contributed by atoms with Gasteiger partial charge in [0.25, 0.3) is 6.08 Å². The molecular formula is C22H22F2N6OS. The Balaban J connectivity index is 1.57. The Morgan fingerprint density at radius 3 is 2.72 bits per heavy atom. The lowest BCUT2D eigenvalue weighted by Crippen LogP contribution is -2.20. The van der Waals surface area contributed by atoms with Crippen molar-refractivity contribution in [1.29, 1.82) is 0 Å². The summed E-state index contributed by atoms with van der Waals surface area (Å²) in [6.07, 6.45) is 1.84. The highest BCUT2D eigenvalue weighted by Gasteiger charge is 2.15. The summed E-state index contributed by atoms with van der Waals surface area (Å²) in [4.78, 5) is 14.1. The number of nitrogens with one attached hydrogen (secondary N) is 1. The van der Waals surface area contributed by atoms with Gasteiger partial charge in [-0.2, -0.15) is 19.0 Å². The molecule has 0 unspecified atom stereocenters. The van der Waals surface area contributed by atoms with Crippen LogP contribution in [-0.2, 0) is 19.5 Å². The van der Waals surface area contributed by atoms with Crippen molar-refractivity contribution in [2.45, 2.75) is 26.4 Å². The summed E-state index contributed by atoms with van der Waals surface area (Å²) in [7, 11) is 0. The van der Waals surface area contributed by atoms with Crippen molar-refractivity contribution in [3.63, 3.8) is 0 Å². The van der Waals surface area contributed by atoms with Crippen LogP contribution in [-0.4, -0.2) is 31.1 Å². The molecule has 3 N–H and O–H groups in total. The van der Waals surface area contributed by atoms with Crippen LogP contribution in [0.15, 0.2) is 65.2 Å². The minimum absolute atomic E-state index is 0.177. The molecule has 3 aromatic heterocycles. The van der Waals surface area contributed by atoms with E-state index in [2.05, 4.69) is 21.4 Å². The molecule has 4 rings (SSSR count). The number of halogens is 2. The fraction of sp³-hybridized carbons (Fsp3) is 0.227. The monoisotopic (exact) mass is 456 g/mol. The lowest BCUT2D eigenvalue weighted by Gasteiger charge is -2.06. The molecule has 1 aromatic carbocycles. The molecule has 0 radical (unpaired) electrons. The molecule has 0 bridgehead atoms. The molecule has 4 aromatic rings. The van der Waals surface area contributed by atoms with Crippen LogP contribution >= 0.6 is 11.3 Å².